The molecule has 464 valence electrons. The summed E-state index contributed by atoms with van der Waals surface area (Å²) in [6.07, 6.45) is -53.1. The van der Waals surface area contributed by atoms with Crippen LogP contribution in [0.25, 0.3) is 0 Å². The number of aliphatic hydroxyl groups excluding tert-OH is 16. The van der Waals surface area contributed by atoms with Crippen LogP contribution in [0.1, 0.15) is 20.8 Å². The third-order valence-corrected chi connectivity index (χ3v) is 14.3. The quantitative estimate of drug-likeness (QED) is 0.0475. The SMILES string of the molecule is CC(=O)N[C@H]1[C@H](OC[C@H]2OC(O)[C@H](NC(C)=O)[C@@H](O[C@@H]3O[C@H](CO)[C@H](O)[C@H](O)[C@H]3O)[C@H]2O)O[C@H](CO)[C@@H](O[C@@H]2O[C@H](COS(=O)(=O)O)[C@H](O)[C@H](O[C@@H]3O[C@H](CO)[C@@H](O)[C@H](O[C@@H]4O[C@H](CO)[C@H](O)[C@H](O)[C@H]4O)[C@H]3NC(C)=O)[C@H]2O)[C@@H]1O. The van der Waals surface area contributed by atoms with Gasteiger partial charge in [0.25, 0.3) is 0 Å². The van der Waals surface area contributed by atoms with E-state index in [1.54, 1.807) is 0 Å². The van der Waals surface area contributed by atoms with Gasteiger partial charge >= 0.3 is 10.4 Å². The van der Waals surface area contributed by atoms with Gasteiger partial charge < -0.3 is 150 Å². The van der Waals surface area contributed by atoms with Crippen LogP contribution in [0.2, 0.25) is 0 Å². The van der Waals surface area contributed by atoms with Gasteiger partial charge in [0.2, 0.25) is 17.7 Å². The summed E-state index contributed by atoms with van der Waals surface area (Å²) in [4.78, 5) is 37.5. The monoisotopic (exact) mass is 1190 g/mol. The van der Waals surface area contributed by atoms with Crippen LogP contribution in [0, 0.1) is 0 Å². The van der Waals surface area contributed by atoms with E-state index in [0.717, 1.165) is 20.8 Å². The van der Waals surface area contributed by atoms with Gasteiger partial charge in [0.05, 0.1) is 39.6 Å². The molecule has 6 aliphatic heterocycles. The van der Waals surface area contributed by atoms with Gasteiger partial charge in [-0.15, -0.1) is 0 Å². The summed E-state index contributed by atoms with van der Waals surface area (Å²) in [5, 5.41) is 179. The summed E-state index contributed by atoms with van der Waals surface area (Å²) < 4.78 is 100. The molecule has 0 radical (unpaired) electrons. The second-order valence-electron chi connectivity index (χ2n) is 19.5. The van der Waals surface area contributed by atoms with Gasteiger partial charge in [0.1, 0.15) is 146 Å². The molecule has 0 aromatic heterocycles. The highest BCUT2D eigenvalue weighted by Crippen LogP contribution is 2.36. The van der Waals surface area contributed by atoms with Crippen molar-refractivity contribution in [2.24, 2.45) is 0 Å². The highest BCUT2D eigenvalue weighted by molar-refractivity contribution is 7.80. The minimum Gasteiger partial charge on any atom is -0.394 e. The molecule has 0 aromatic carbocycles. The van der Waals surface area contributed by atoms with Gasteiger partial charge in [0, 0.05) is 20.8 Å². The van der Waals surface area contributed by atoms with E-state index in [1.165, 1.54) is 0 Å². The Labute approximate surface area is 453 Å². The summed E-state index contributed by atoms with van der Waals surface area (Å²) in [6, 6.07) is -5.26. The van der Waals surface area contributed by atoms with Crippen LogP contribution in [0.3, 0.4) is 0 Å². The highest BCUT2D eigenvalue weighted by atomic mass is 32.3. The van der Waals surface area contributed by atoms with Crippen molar-refractivity contribution in [2.45, 2.75) is 205 Å². The molecule has 20 N–H and O–H groups in total. The molecule has 30 atom stereocenters. The first-order valence-corrected chi connectivity index (χ1v) is 26.1. The molecule has 0 aliphatic carbocycles. The molecular formula is C42H71N3O34S. The zero-order valence-corrected chi connectivity index (χ0v) is 43.3. The fourth-order valence-electron chi connectivity index (χ4n) is 9.76. The fraction of sp³-hybridized carbons (Fsp3) is 0.929. The van der Waals surface area contributed by atoms with Crippen LogP contribution in [-0.2, 0) is 81.1 Å². The van der Waals surface area contributed by atoms with Crippen molar-refractivity contribution in [3.63, 3.8) is 0 Å². The lowest BCUT2D eigenvalue weighted by Gasteiger charge is -2.50. The van der Waals surface area contributed by atoms with E-state index in [-0.39, 0.29) is 0 Å². The molecule has 80 heavy (non-hydrogen) atoms. The van der Waals surface area contributed by atoms with Crippen molar-refractivity contribution < 1.29 is 165 Å². The highest BCUT2D eigenvalue weighted by Gasteiger charge is 2.58. The normalized spacial score (nSPS) is 46.5. The van der Waals surface area contributed by atoms with Gasteiger partial charge in [-0.25, -0.2) is 4.18 Å². The summed E-state index contributed by atoms with van der Waals surface area (Å²) in [5.74, 6) is -2.57. The van der Waals surface area contributed by atoms with Crippen molar-refractivity contribution in [2.75, 3.05) is 39.6 Å². The van der Waals surface area contributed by atoms with E-state index in [9.17, 15) is 109 Å². The number of nitrogens with one attached hydrogen (secondary N) is 3. The average molecular weight is 1190 g/mol. The topological polar surface area (TPSA) is 576 Å². The Kier molecular flexibility index (Phi) is 23.5. The molecular weight excluding hydrogens is 1120 g/mol. The van der Waals surface area contributed by atoms with Gasteiger partial charge in [0.15, 0.2) is 37.7 Å². The molecule has 6 aliphatic rings. The Morgan fingerprint density at radius 2 is 0.762 bits per heavy atom. The van der Waals surface area contributed by atoms with Crippen LogP contribution in [0.15, 0.2) is 0 Å². The Morgan fingerprint density at radius 1 is 0.388 bits per heavy atom. The molecule has 6 fully saturated rings. The van der Waals surface area contributed by atoms with Gasteiger partial charge in [-0.1, -0.05) is 0 Å². The lowest BCUT2D eigenvalue weighted by atomic mass is 9.94. The Hall–Kier alpha value is -2.80. The molecule has 0 bridgehead atoms. The van der Waals surface area contributed by atoms with Gasteiger partial charge in [-0.2, -0.15) is 8.42 Å². The standard InChI is InChI=1S/C42H71N3O34S/c1-10(50)43-19-27(58)33(16(7-49)74-38(19)68-8-17-25(56)34(20(37(64)70-17)44-11(2)51)77-40-30(61)28(59)22(53)13(4-46)72-40)76-42-32(63)36(26(57)18(75-42)9-69-80(65,66)67)79-39-21(45-12(3)52)35(24(55)15(6-48)71-39)78-41-31(62)29(60)23(54)14(5-47)73-41/h13-42,46-49,53-64H,4-9H2,1-3H3,(H,43,50)(H,44,51)(H,45,52)(H,65,66,67)/t13-,14-,15-,16-,17-,18-,19-,20-,21-,22+,23+,24-,25+,26+,27-,28+,29+,30-,31-,32-,33-,34-,35-,36+,37?,38-,39+,40+,41+,42+/m1/s1. The smallest absolute Gasteiger partial charge is 0.394 e. The van der Waals surface area contributed by atoms with E-state index in [2.05, 4.69) is 20.1 Å². The third kappa shape index (κ3) is 15.4. The van der Waals surface area contributed by atoms with Crippen LogP contribution in [-0.4, -0.2) is 336 Å². The maximum absolute atomic E-state index is 12.7. The van der Waals surface area contributed by atoms with Crippen molar-refractivity contribution in [1.82, 2.24) is 16.0 Å². The van der Waals surface area contributed by atoms with Crippen molar-refractivity contribution in [1.29, 1.82) is 0 Å². The van der Waals surface area contributed by atoms with E-state index >= 15 is 0 Å². The predicted octanol–water partition coefficient (Wildman–Crippen LogP) is -13.8. The predicted molar refractivity (Wildman–Crippen MR) is 244 cm³/mol. The van der Waals surface area contributed by atoms with E-state index < -0.39 is 252 Å². The Bertz CT molecular complexity index is 2120. The number of hydrogen-bond donors (Lipinski definition) is 20. The number of hydrogen-bond acceptors (Lipinski definition) is 33. The molecule has 0 saturated carbocycles. The largest absolute Gasteiger partial charge is 0.397 e. The first-order chi connectivity index (χ1) is 37.5. The number of amides is 3. The van der Waals surface area contributed by atoms with Crippen LogP contribution >= 0.6 is 0 Å². The van der Waals surface area contributed by atoms with Gasteiger partial charge in [-0.3, -0.25) is 18.9 Å². The molecule has 6 saturated heterocycles. The lowest BCUT2D eigenvalue weighted by molar-refractivity contribution is -0.377. The number of ether oxygens (including phenoxy) is 11. The zero-order valence-electron chi connectivity index (χ0n) is 42.5. The summed E-state index contributed by atoms with van der Waals surface area (Å²) in [5.41, 5.74) is 0. The maximum Gasteiger partial charge on any atom is 0.397 e. The average Bonchev–Trinajstić information content (AvgIpc) is 3.39. The van der Waals surface area contributed by atoms with Crippen LogP contribution in [0.5, 0.6) is 0 Å². The van der Waals surface area contributed by atoms with Crippen molar-refractivity contribution in [3.8, 4) is 0 Å². The molecule has 38 heteroatoms. The molecule has 6 heterocycles. The fourth-order valence-corrected chi connectivity index (χ4v) is 10.1. The zero-order chi connectivity index (χ0) is 59.4. The Morgan fingerprint density at radius 3 is 1.26 bits per heavy atom. The lowest BCUT2D eigenvalue weighted by Crippen LogP contribution is -2.70. The minimum atomic E-state index is -5.33. The van der Waals surface area contributed by atoms with E-state index in [4.69, 9.17) is 52.1 Å². The van der Waals surface area contributed by atoms with E-state index in [1.807, 2.05) is 0 Å². The molecule has 0 spiro atoms. The minimum absolute atomic E-state index is 0.786. The third-order valence-electron chi connectivity index (χ3n) is 13.8. The molecule has 1 unspecified atom stereocenters. The summed E-state index contributed by atoms with van der Waals surface area (Å²) in [7, 11) is -5.33. The number of aliphatic hydroxyl groups is 16. The molecule has 37 nitrogen and oxygen atoms in total. The second kappa shape index (κ2) is 28.4. The van der Waals surface area contributed by atoms with Crippen molar-refractivity contribution in [3.05, 3.63) is 0 Å². The maximum atomic E-state index is 12.7. The first kappa shape index (κ1) is 66.3. The second-order valence-corrected chi connectivity index (χ2v) is 20.6. The Balaban J connectivity index is 1.24. The number of rotatable bonds is 21. The number of carbonyl (C=O) groups is 3. The summed E-state index contributed by atoms with van der Waals surface area (Å²) >= 11 is 0. The molecule has 3 amide bonds. The number of carbonyl (C=O) groups excluding carboxylic acids is 3. The van der Waals surface area contributed by atoms with Gasteiger partial charge in [-0.05, 0) is 0 Å². The summed E-state index contributed by atoms with van der Waals surface area (Å²) in [6.45, 7) is -3.19. The first-order valence-electron chi connectivity index (χ1n) is 24.8. The van der Waals surface area contributed by atoms with Crippen LogP contribution in [0.4, 0.5) is 0 Å². The van der Waals surface area contributed by atoms with Crippen LogP contribution < -0.4 is 16.0 Å². The van der Waals surface area contributed by atoms with E-state index in [0.29, 0.717) is 0 Å². The van der Waals surface area contributed by atoms with Crippen molar-refractivity contribution >= 4 is 28.1 Å². The molecule has 6 rings (SSSR count). The molecule has 0 aromatic rings.